The number of hydrogen-bond acceptors (Lipinski definition) is 4. The van der Waals surface area contributed by atoms with E-state index in [0.29, 0.717) is 11.3 Å². The lowest BCUT2D eigenvalue weighted by atomic mass is 9.95. The van der Waals surface area contributed by atoms with Crippen LogP contribution in [0.1, 0.15) is 48.6 Å². The number of aliphatic carboxylic acids is 1. The normalized spacial score (nSPS) is 14.2. The quantitative estimate of drug-likeness (QED) is 0.592. The van der Waals surface area contributed by atoms with E-state index in [9.17, 15) is 14.7 Å². The van der Waals surface area contributed by atoms with E-state index >= 15 is 0 Å². The van der Waals surface area contributed by atoms with Crippen LogP contribution in [0.3, 0.4) is 0 Å². The number of allylic oxidation sites excluding steroid dienone is 1. The Bertz CT molecular complexity index is 791. The van der Waals surface area contributed by atoms with E-state index in [1.165, 1.54) is 6.08 Å². The fraction of sp³-hybridized carbons (Fsp3) is 0.316. The number of nitrogens with zero attached hydrogens (tertiary/aromatic N) is 1. The van der Waals surface area contributed by atoms with Gasteiger partial charge in [-0.15, -0.1) is 0 Å². The van der Waals surface area contributed by atoms with Crippen LogP contribution < -0.4 is 11.1 Å². The Kier molecular flexibility index (Phi) is 5.94. The van der Waals surface area contributed by atoms with Crippen molar-refractivity contribution < 1.29 is 14.7 Å². The van der Waals surface area contributed by atoms with Crippen molar-refractivity contribution in [2.24, 2.45) is 11.1 Å². The van der Waals surface area contributed by atoms with Gasteiger partial charge >= 0.3 is 5.97 Å². The van der Waals surface area contributed by atoms with Gasteiger partial charge < -0.3 is 21.1 Å². The van der Waals surface area contributed by atoms with Crippen LogP contribution in [-0.2, 0) is 4.79 Å². The molecule has 0 saturated heterocycles. The summed E-state index contributed by atoms with van der Waals surface area (Å²) < 4.78 is 0. The van der Waals surface area contributed by atoms with E-state index in [1.54, 1.807) is 36.7 Å². The second kappa shape index (κ2) is 7.97. The van der Waals surface area contributed by atoms with Crippen LogP contribution in [0.4, 0.5) is 0 Å². The fourth-order valence-electron chi connectivity index (χ4n) is 2.25. The number of aromatic amines is 1. The van der Waals surface area contributed by atoms with Gasteiger partial charge in [-0.05, 0) is 29.2 Å². The minimum Gasteiger partial charge on any atom is -0.479 e. The van der Waals surface area contributed by atoms with E-state index in [4.69, 9.17) is 5.73 Å². The summed E-state index contributed by atoms with van der Waals surface area (Å²) in [6, 6.07) is 5.43. The number of amides is 1. The predicted octanol–water partition coefficient (Wildman–Crippen LogP) is 2.24. The molecule has 0 aromatic carbocycles. The summed E-state index contributed by atoms with van der Waals surface area (Å²) in [5.74, 6) is -1.65. The van der Waals surface area contributed by atoms with Crippen LogP contribution in [0.5, 0.6) is 0 Å². The van der Waals surface area contributed by atoms with Gasteiger partial charge in [-0.2, -0.15) is 0 Å². The third-order valence-electron chi connectivity index (χ3n) is 3.66. The molecular formula is C19H24N4O3. The number of carbonyl (C=O) groups excluding carboxylic acids is 1. The zero-order chi connectivity index (χ0) is 19.3. The molecule has 26 heavy (non-hydrogen) atoms. The van der Waals surface area contributed by atoms with Crippen molar-refractivity contribution in [3.8, 4) is 0 Å². The SMILES string of the molecule is CC(C)(C)C=CC(NC(=O)c1cc(C(N)c2ccccn2)c[nH]1)C(=O)O. The molecule has 7 nitrogen and oxygen atoms in total. The van der Waals surface area contributed by atoms with Crippen molar-refractivity contribution in [3.63, 3.8) is 0 Å². The van der Waals surface area contributed by atoms with Gasteiger partial charge in [0, 0.05) is 12.4 Å². The number of hydrogen-bond donors (Lipinski definition) is 4. The molecule has 0 saturated carbocycles. The largest absolute Gasteiger partial charge is 0.479 e. The van der Waals surface area contributed by atoms with Gasteiger partial charge in [0.05, 0.1) is 11.7 Å². The van der Waals surface area contributed by atoms with Crippen molar-refractivity contribution in [1.29, 1.82) is 0 Å². The van der Waals surface area contributed by atoms with Crippen molar-refractivity contribution in [3.05, 3.63) is 65.8 Å². The Morgan fingerprint density at radius 1 is 1.35 bits per heavy atom. The third-order valence-corrected chi connectivity index (χ3v) is 3.66. The summed E-state index contributed by atoms with van der Waals surface area (Å²) in [6.45, 7) is 5.83. The number of carbonyl (C=O) groups is 2. The van der Waals surface area contributed by atoms with Crippen LogP contribution in [-0.4, -0.2) is 33.0 Å². The topological polar surface area (TPSA) is 121 Å². The van der Waals surface area contributed by atoms with Gasteiger partial charge in [0.25, 0.3) is 5.91 Å². The molecule has 138 valence electrons. The van der Waals surface area contributed by atoms with Crippen LogP contribution in [0, 0.1) is 5.41 Å². The summed E-state index contributed by atoms with van der Waals surface area (Å²) in [7, 11) is 0. The summed E-state index contributed by atoms with van der Waals surface area (Å²) >= 11 is 0. The summed E-state index contributed by atoms with van der Waals surface area (Å²) in [4.78, 5) is 30.8. The lowest BCUT2D eigenvalue weighted by molar-refractivity contribution is -0.137. The highest BCUT2D eigenvalue weighted by atomic mass is 16.4. The lowest BCUT2D eigenvalue weighted by Gasteiger charge is -2.14. The van der Waals surface area contributed by atoms with E-state index in [2.05, 4.69) is 15.3 Å². The predicted molar refractivity (Wildman–Crippen MR) is 98.5 cm³/mol. The molecule has 0 aliphatic heterocycles. The fourth-order valence-corrected chi connectivity index (χ4v) is 2.25. The Morgan fingerprint density at radius 3 is 2.65 bits per heavy atom. The van der Waals surface area contributed by atoms with Crippen LogP contribution >= 0.6 is 0 Å². The Balaban J connectivity index is 2.11. The maximum absolute atomic E-state index is 12.4. The molecule has 0 spiro atoms. The molecule has 5 N–H and O–H groups in total. The monoisotopic (exact) mass is 356 g/mol. The standard InChI is InChI=1S/C19H24N4O3/c1-19(2,3)8-7-14(18(25)26)23-17(24)15-10-12(11-22-15)16(20)13-6-4-5-9-21-13/h4-11,14,16,22H,20H2,1-3H3,(H,23,24)(H,25,26). The molecule has 2 aromatic rings. The van der Waals surface area contributed by atoms with E-state index in [0.717, 1.165) is 0 Å². The summed E-state index contributed by atoms with van der Waals surface area (Å²) in [5.41, 5.74) is 7.57. The second-order valence-corrected chi connectivity index (χ2v) is 7.09. The number of H-pyrrole nitrogens is 1. The maximum Gasteiger partial charge on any atom is 0.330 e. The van der Waals surface area contributed by atoms with E-state index in [-0.39, 0.29) is 11.1 Å². The number of carboxylic acid groups (broad SMARTS) is 1. The minimum absolute atomic E-state index is 0.187. The van der Waals surface area contributed by atoms with Gasteiger partial charge in [0.15, 0.2) is 0 Å². The minimum atomic E-state index is -1.13. The number of nitrogens with two attached hydrogens (primary N) is 1. The first kappa shape index (κ1) is 19.4. The molecule has 0 aliphatic carbocycles. The second-order valence-electron chi connectivity index (χ2n) is 7.09. The highest BCUT2D eigenvalue weighted by Gasteiger charge is 2.21. The van der Waals surface area contributed by atoms with E-state index < -0.39 is 24.0 Å². The summed E-state index contributed by atoms with van der Waals surface area (Å²) in [6.07, 6.45) is 6.50. The maximum atomic E-state index is 12.4. The van der Waals surface area contributed by atoms with Gasteiger partial charge in [0.1, 0.15) is 11.7 Å². The highest BCUT2D eigenvalue weighted by Crippen LogP contribution is 2.18. The van der Waals surface area contributed by atoms with Crippen molar-refractivity contribution in [2.45, 2.75) is 32.9 Å². The molecule has 2 rings (SSSR count). The molecule has 2 unspecified atom stereocenters. The Labute approximate surface area is 152 Å². The Hall–Kier alpha value is -2.93. The van der Waals surface area contributed by atoms with Gasteiger partial charge in [-0.25, -0.2) is 4.79 Å². The number of aromatic nitrogens is 2. The van der Waals surface area contributed by atoms with Crippen LogP contribution in [0.2, 0.25) is 0 Å². The third kappa shape index (κ3) is 5.29. The first-order valence-corrected chi connectivity index (χ1v) is 8.25. The summed E-state index contributed by atoms with van der Waals surface area (Å²) in [5, 5.41) is 11.8. The smallest absolute Gasteiger partial charge is 0.330 e. The average molecular weight is 356 g/mol. The number of pyridine rings is 1. The van der Waals surface area contributed by atoms with Crippen LogP contribution in [0.25, 0.3) is 0 Å². The molecule has 0 fully saturated rings. The van der Waals surface area contributed by atoms with Gasteiger partial charge in [-0.1, -0.05) is 39.0 Å². The molecule has 0 aliphatic rings. The molecule has 7 heteroatoms. The first-order valence-electron chi connectivity index (χ1n) is 8.25. The van der Waals surface area contributed by atoms with Crippen molar-refractivity contribution in [1.82, 2.24) is 15.3 Å². The van der Waals surface area contributed by atoms with Crippen molar-refractivity contribution in [2.75, 3.05) is 0 Å². The lowest BCUT2D eigenvalue weighted by Crippen LogP contribution is -2.39. The highest BCUT2D eigenvalue weighted by molar-refractivity contribution is 5.95. The molecule has 2 heterocycles. The zero-order valence-electron chi connectivity index (χ0n) is 15.1. The zero-order valence-corrected chi connectivity index (χ0v) is 15.1. The molecule has 0 bridgehead atoms. The molecule has 2 aromatic heterocycles. The van der Waals surface area contributed by atoms with Crippen molar-refractivity contribution >= 4 is 11.9 Å². The molecule has 0 radical (unpaired) electrons. The number of rotatable bonds is 6. The Morgan fingerprint density at radius 2 is 2.08 bits per heavy atom. The van der Waals surface area contributed by atoms with Gasteiger partial charge in [0.2, 0.25) is 0 Å². The first-order chi connectivity index (χ1) is 12.2. The molecule has 2 atom stereocenters. The van der Waals surface area contributed by atoms with E-state index in [1.807, 2.05) is 26.8 Å². The number of nitrogens with one attached hydrogen (secondary N) is 2. The molecular weight excluding hydrogens is 332 g/mol. The van der Waals surface area contributed by atoms with Crippen LogP contribution in [0.15, 0.2) is 48.8 Å². The number of carboxylic acids is 1. The average Bonchev–Trinajstić information content (AvgIpc) is 3.07. The molecule has 1 amide bonds. The van der Waals surface area contributed by atoms with Gasteiger partial charge in [-0.3, -0.25) is 9.78 Å².